The summed E-state index contributed by atoms with van der Waals surface area (Å²) < 4.78 is 11.5. The molecule has 0 unspecified atom stereocenters. The fraction of sp³-hybridized carbons (Fsp3) is 0.286. The Kier molecular flexibility index (Phi) is 5.10. The molecule has 0 aliphatic carbocycles. The highest BCUT2D eigenvalue weighted by molar-refractivity contribution is 6.07. The highest BCUT2D eigenvalue weighted by Crippen LogP contribution is 2.33. The van der Waals surface area contributed by atoms with E-state index in [4.69, 9.17) is 14.6 Å². The number of primary amides is 1. The van der Waals surface area contributed by atoms with Gasteiger partial charge in [0.15, 0.2) is 0 Å². The minimum Gasteiger partial charge on any atom is -0.458 e. The van der Waals surface area contributed by atoms with Crippen LogP contribution in [0.25, 0.3) is 16.7 Å². The van der Waals surface area contributed by atoms with Gasteiger partial charge in [0.05, 0.1) is 17.9 Å². The van der Waals surface area contributed by atoms with Crippen LogP contribution >= 0.6 is 0 Å². The van der Waals surface area contributed by atoms with Gasteiger partial charge in [0.25, 0.3) is 5.91 Å². The van der Waals surface area contributed by atoms with Crippen molar-refractivity contribution in [2.45, 2.75) is 33.4 Å². The first-order valence-electron chi connectivity index (χ1n) is 8.84. The van der Waals surface area contributed by atoms with Crippen LogP contribution in [0.2, 0.25) is 0 Å². The minimum atomic E-state index is -0.641. The number of nitrogens with zero attached hydrogens (tertiary/aromatic N) is 1. The van der Waals surface area contributed by atoms with Gasteiger partial charge >= 0.3 is 0 Å². The number of amides is 1. The quantitative estimate of drug-likeness (QED) is 0.648. The van der Waals surface area contributed by atoms with E-state index in [0.29, 0.717) is 35.3 Å². The Morgan fingerprint density at radius 3 is 2.67 bits per heavy atom. The average Bonchev–Trinajstić information content (AvgIpc) is 3.20. The van der Waals surface area contributed by atoms with E-state index in [-0.39, 0.29) is 5.76 Å². The standard InChI is InChI=1S/C21H25N3O3/c1-12(2)24(5)11-15-7-9-17(26-15)14(4)23-19-16-10-13(3)6-8-18(16)27-20(19)21(22)25/h6-10,12,23H,4,11H2,1-3,5H3,(H2,22,25). The topological polar surface area (TPSA) is 84.6 Å². The molecule has 6 nitrogen and oxygen atoms in total. The minimum absolute atomic E-state index is 0.0723. The van der Waals surface area contributed by atoms with Crippen LogP contribution in [0.3, 0.4) is 0 Å². The zero-order valence-corrected chi connectivity index (χ0v) is 16.1. The molecule has 0 saturated carbocycles. The first-order chi connectivity index (χ1) is 12.8. The molecule has 2 heterocycles. The predicted molar refractivity (Wildman–Crippen MR) is 107 cm³/mol. The molecular formula is C21H25N3O3. The SMILES string of the molecule is C=C(Nc1c(C(N)=O)oc2ccc(C)cc12)c1ccc(CN(C)C(C)C)o1. The van der Waals surface area contributed by atoms with E-state index in [1.165, 1.54) is 0 Å². The summed E-state index contributed by atoms with van der Waals surface area (Å²) in [5.41, 5.74) is 8.15. The molecule has 27 heavy (non-hydrogen) atoms. The van der Waals surface area contributed by atoms with Crippen LogP contribution in [0, 0.1) is 6.92 Å². The summed E-state index contributed by atoms with van der Waals surface area (Å²) in [4.78, 5) is 14.0. The number of aryl methyl sites for hydroxylation is 1. The van der Waals surface area contributed by atoms with E-state index in [2.05, 4.69) is 30.6 Å². The maximum absolute atomic E-state index is 11.8. The number of carbonyl (C=O) groups is 1. The van der Waals surface area contributed by atoms with E-state index in [1.807, 2.05) is 44.3 Å². The normalized spacial score (nSPS) is 11.5. The molecule has 1 aromatic carbocycles. The highest BCUT2D eigenvalue weighted by Gasteiger charge is 2.20. The van der Waals surface area contributed by atoms with Crippen molar-refractivity contribution in [2.24, 2.45) is 5.73 Å². The Balaban J connectivity index is 1.88. The van der Waals surface area contributed by atoms with Crippen molar-refractivity contribution in [2.75, 3.05) is 12.4 Å². The number of carbonyl (C=O) groups excluding carboxylic acids is 1. The number of hydrogen-bond donors (Lipinski definition) is 2. The zero-order valence-electron chi connectivity index (χ0n) is 16.1. The Morgan fingerprint density at radius 1 is 1.26 bits per heavy atom. The van der Waals surface area contributed by atoms with Crippen LogP contribution in [-0.4, -0.2) is 23.9 Å². The van der Waals surface area contributed by atoms with Crippen molar-refractivity contribution in [3.8, 4) is 0 Å². The van der Waals surface area contributed by atoms with Crippen molar-refractivity contribution >= 4 is 28.3 Å². The first kappa shape index (κ1) is 18.8. The van der Waals surface area contributed by atoms with Gasteiger partial charge in [-0.05, 0) is 52.1 Å². The molecule has 0 aliphatic heterocycles. The van der Waals surface area contributed by atoms with E-state index in [0.717, 1.165) is 16.7 Å². The average molecular weight is 367 g/mol. The number of hydrogen-bond acceptors (Lipinski definition) is 5. The summed E-state index contributed by atoms with van der Waals surface area (Å²) in [5, 5.41) is 3.93. The monoisotopic (exact) mass is 367 g/mol. The molecule has 0 radical (unpaired) electrons. The fourth-order valence-corrected chi connectivity index (χ4v) is 2.78. The second kappa shape index (κ2) is 7.32. The third-order valence-electron chi connectivity index (χ3n) is 4.59. The summed E-state index contributed by atoms with van der Waals surface area (Å²) in [7, 11) is 2.04. The van der Waals surface area contributed by atoms with Gasteiger partial charge in [-0.2, -0.15) is 0 Å². The zero-order chi connectivity index (χ0) is 19.7. The lowest BCUT2D eigenvalue weighted by atomic mass is 10.1. The molecule has 142 valence electrons. The van der Waals surface area contributed by atoms with Gasteiger partial charge in [0.2, 0.25) is 5.76 Å². The molecule has 6 heteroatoms. The van der Waals surface area contributed by atoms with E-state index >= 15 is 0 Å². The van der Waals surface area contributed by atoms with Crippen LogP contribution in [0.4, 0.5) is 5.69 Å². The van der Waals surface area contributed by atoms with Gasteiger partial charge in [-0.25, -0.2) is 0 Å². The Labute approximate surface area is 158 Å². The largest absolute Gasteiger partial charge is 0.458 e. The highest BCUT2D eigenvalue weighted by atomic mass is 16.4. The maximum Gasteiger partial charge on any atom is 0.286 e. The van der Waals surface area contributed by atoms with Crippen LogP contribution in [0.1, 0.15) is 41.5 Å². The summed E-state index contributed by atoms with van der Waals surface area (Å²) in [5.74, 6) is 0.868. The summed E-state index contributed by atoms with van der Waals surface area (Å²) in [6.45, 7) is 11.0. The summed E-state index contributed by atoms with van der Waals surface area (Å²) in [6, 6.07) is 9.87. The third kappa shape index (κ3) is 3.90. The Hall–Kier alpha value is -2.99. The van der Waals surface area contributed by atoms with Crippen molar-refractivity contribution in [1.82, 2.24) is 4.90 Å². The van der Waals surface area contributed by atoms with Crippen LogP contribution in [0.5, 0.6) is 0 Å². The first-order valence-corrected chi connectivity index (χ1v) is 8.84. The van der Waals surface area contributed by atoms with Gasteiger partial charge in [0.1, 0.15) is 17.1 Å². The molecule has 0 saturated heterocycles. The molecular weight excluding hydrogens is 342 g/mol. The van der Waals surface area contributed by atoms with Crippen molar-refractivity contribution < 1.29 is 13.6 Å². The Bertz CT molecular complexity index is 997. The second-order valence-corrected chi connectivity index (χ2v) is 7.05. The number of nitrogens with one attached hydrogen (secondary N) is 1. The molecule has 3 aromatic rings. The molecule has 0 fully saturated rings. The summed E-state index contributed by atoms with van der Waals surface area (Å²) >= 11 is 0. The van der Waals surface area contributed by atoms with E-state index in [1.54, 1.807) is 0 Å². The molecule has 0 aliphatic rings. The van der Waals surface area contributed by atoms with Gasteiger partial charge in [-0.15, -0.1) is 0 Å². The van der Waals surface area contributed by atoms with Gasteiger partial charge in [-0.3, -0.25) is 9.69 Å². The molecule has 2 aromatic heterocycles. The Morgan fingerprint density at radius 2 is 2.00 bits per heavy atom. The van der Waals surface area contributed by atoms with Crippen LogP contribution < -0.4 is 11.1 Å². The van der Waals surface area contributed by atoms with Crippen molar-refractivity contribution in [1.29, 1.82) is 0 Å². The molecule has 0 bridgehead atoms. The third-order valence-corrected chi connectivity index (χ3v) is 4.59. The number of nitrogens with two attached hydrogens (primary N) is 1. The van der Waals surface area contributed by atoms with Gasteiger partial charge in [-0.1, -0.05) is 18.2 Å². The van der Waals surface area contributed by atoms with Crippen LogP contribution in [-0.2, 0) is 6.54 Å². The fourth-order valence-electron chi connectivity index (χ4n) is 2.78. The predicted octanol–water partition coefficient (Wildman–Crippen LogP) is 4.36. The second-order valence-electron chi connectivity index (χ2n) is 7.05. The number of benzene rings is 1. The van der Waals surface area contributed by atoms with E-state index in [9.17, 15) is 4.79 Å². The smallest absolute Gasteiger partial charge is 0.286 e. The van der Waals surface area contributed by atoms with Crippen molar-refractivity contribution in [3.05, 3.63) is 59.8 Å². The lowest BCUT2D eigenvalue weighted by Crippen LogP contribution is -2.25. The summed E-state index contributed by atoms with van der Waals surface area (Å²) in [6.07, 6.45) is 0. The van der Waals surface area contributed by atoms with Crippen LogP contribution in [0.15, 0.2) is 45.7 Å². The molecule has 1 amide bonds. The molecule has 0 atom stereocenters. The number of anilines is 1. The lowest BCUT2D eigenvalue weighted by molar-refractivity contribution is 0.0977. The number of rotatable bonds is 7. The lowest BCUT2D eigenvalue weighted by Gasteiger charge is -2.19. The molecule has 3 rings (SSSR count). The number of furan rings is 2. The maximum atomic E-state index is 11.8. The molecule has 0 spiro atoms. The van der Waals surface area contributed by atoms with E-state index < -0.39 is 5.91 Å². The van der Waals surface area contributed by atoms with Gasteiger partial charge < -0.3 is 19.9 Å². The van der Waals surface area contributed by atoms with Crippen molar-refractivity contribution in [3.63, 3.8) is 0 Å². The van der Waals surface area contributed by atoms with Gasteiger partial charge in [0, 0.05) is 11.4 Å². The number of fused-ring (bicyclic) bond motifs is 1. The molecule has 3 N–H and O–H groups in total.